The molecule has 4 nitrogen and oxygen atoms in total. The minimum Gasteiger partial charge on any atom is -0.364 e. The molecule has 0 spiro atoms. The first-order valence-electron chi connectivity index (χ1n) is 3.72. The van der Waals surface area contributed by atoms with Crippen molar-refractivity contribution in [3.05, 3.63) is 12.2 Å². The van der Waals surface area contributed by atoms with Gasteiger partial charge in [-0.15, -0.1) is 0 Å². The average Bonchev–Trinajstić information content (AvgIpc) is 2.10. The normalized spacial score (nSPS) is 8.46. The van der Waals surface area contributed by atoms with E-state index in [2.05, 4.69) is 28.1 Å². The molecule has 0 bridgehead atoms. The summed E-state index contributed by atoms with van der Waals surface area (Å²) in [6.45, 7) is 6.30. The molecular formula is C7H14N4S2. The Kier molecular flexibility index (Phi) is 6.17. The van der Waals surface area contributed by atoms with Gasteiger partial charge in [-0.1, -0.05) is 12.2 Å². The molecule has 0 unspecified atom stereocenters. The van der Waals surface area contributed by atoms with Crippen LogP contribution in [0.1, 0.15) is 6.92 Å². The second-order valence-electron chi connectivity index (χ2n) is 2.47. The highest BCUT2D eigenvalue weighted by molar-refractivity contribution is 7.80. The van der Waals surface area contributed by atoms with Crippen LogP contribution in [0.15, 0.2) is 12.2 Å². The van der Waals surface area contributed by atoms with E-state index in [4.69, 9.17) is 24.4 Å². The van der Waals surface area contributed by atoms with E-state index in [0.717, 1.165) is 5.57 Å². The van der Waals surface area contributed by atoms with Crippen molar-refractivity contribution in [3.8, 4) is 0 Å². The van der Waals surface area contributed by atoms with Crippen LogP contribution >= 0.6 is 24.4 Å². The molecule has 6 heteroatoms. The zero-order valence-corrected chi connectivity index (χ0v) is 9.36. The summed E-state index contributed by atoms with van der Waals surface area (Å²) in [5.74, 6) is 0. The summed E-state index contributed by atoms with van der Waals surface area (Å²) in [5, 5.41) is 6.64. The number of thiocarbonyl (C=S) groups is 2. The van der Waals surface area contributed by atoms with Gasteiger partial charge in [0.2, 0.25) is 0 Å². The van der Waals surface area contributed by atoms with Crippen LogP contribution in [0.25, 0.3) is 0 Å². The molecule has 0 aliphatic rings. The SMILES string of the molecule is C=C(C)CNC(=S)NNC(=S)NC. The van der Waals surface area contributed by atoms with Gasteiger partial charge in [-0.05, 0) is 31.4 Å². The third-order valence-electron chi connectivity index (χ3n) is 1.07. The molecule has 74 valence electrons. The second kappa shape index (κ2) is 6.62. The highest BCUT2D eigenvalue weighted by atomic mass is 32.1. The highest BCUT2D eigenvalue weighted by Gasteiger charge is 1.94. The predicted octanol–water partition coefficient (Wildman–Crippen LogP) is 0.0355. The molecule has 0 fully saturated rings. The monoisotopic (exact) mass is 218 g/mol. The van der Waals surface area contributed by atoms with Crippen LogP contribution < -0.4 is 21.5 Å². The molecule has 0 aromatic carbocycles. The van der Waals surface area contributed by atoms with Crippen LogP contribution in [0.5, 0.6) is 0 Å². The quantitative estimate of drug-likeness (QED) is 0.298. The van der Waals surface area contributed by atoms with E-state index >= 15 is 0 Å². The molecule has 0 heterocycles. The first-order valence-corrected chi connectivity index (χ1v) is 4.54. The van der Waals surface area contributed by atoms with Gasteiger partial charge in [-0.2, -0.15) is 0 Å². The molecule has 4 N–H and O–H groups in total. The first kappa shape index (κ1) is 12.1. The number of rotatable bonds is 2. The van der Waals surface area contributed by atoms with Gasteiger partial charge in [0.15, 0.2) is 10.2 Å². The molecule has 0 aromatic heterocycles. The number of hydrazine groups is 1. The van der Waals surface area contributed by atoms with Gasteiger partial charge in [-0.3, -0.25) is 10.9 Å². The van der Waals surface area contributed by atoms with E-state index in [1.165, 1.54) is 0 Å². The van der Waals surface area contributed by atoms with Crippen LogP contribution in [-0.2, 0) is 0 Å². The fourth-order valence-electron chi connectivity index (χ4n) is 0.451. The van der Waals surface area contributed by atoms with Crippen LogP contribution in [-0.4, -0.2) is 23.8 Å². The Morgan fingerprint density at radius 1 is 1.23 bits per heavy atom. The van der Waals surface area contributed by atoms with Gasteiger partial charge in [-0.25, -0.2) is 0 Å². The molecule has 0 saturated carbocycles. The van der Waals surface area contributed by atoms with Gasteiger partial charge in [0.05, 0.1) is 0 Å². The summed E-state index contributed by atoms with van der Waals surface area (Å²) in [6, 6.07) is 0. The third kappa shape index (κ3) is 7.48. The highest BCUT2D eigenvalue weighted by Crippen LogP contribution is 1.80. The van der Waals surface area contributed by atoms with Gasteiger partial charge in [0.1, 0.15) is 0 Å². The van der Waals surface area contributed by atoms with E-state index < -0.39 is 0 Å². The van der Waals surface area contributed by atoms with Gasteiger partial charge >= 0.3 is 0 Å². The van der Waals surface area contributed by atoms with E-state index in [0.29, 0.717) is 16.8 Å². The Balaban J connectivity index is 3.52. The van der Waals surface area contributed by atoms with Crippen molar-refractivity contribution in [1.82, 2.24) is 21.5 Å². The van der Waals surface area contributed by atoms with Crippen molar-refractivity contribution in [2.75, 3.05) is 13.6 Å². The Morgan fingerprint density at radius 3 is 2.23 bits per heavy atom. The number of hydrogen-bond donors (Lipinski definition) is 4. The van der Waals surface area contributed by atoms with Crippen LogP contribution in [0.3, 0.4) is 0 Å². The summed E-state index contributed by atoms with van der Waals surface area (Å²) >= 11 is 9.75. The van der Waals surface area contributed by atoms with E-state index in [-0.39, 0.29) is 0 Å². The molecule has 0 amide bonds. The molecule has 0 rings (SSSR count). The molecule has 0 atom stereocenters. The van der Waals surface area contributed by atoms with Crippen molar-refractivity contribution < 1.29 is 0 Å². The molecule has 0 aromatic rings. The molecule has 0 aliphatic carbocycles. The van der Waals surface area contributed by atoms with Crippen LogP contribution in [0.2, 0.25) is 0 Å². The lowest BCUT2D eigenvalue weighted by atomic mass is 10.4. The van der Waals surface area contributed by atoms with Crippen molar-refractivity contribution in [1.29, 1.82) is 0 Å². The molecular weight excluding hydrogens is 204 g/mol. The molecule has 0 radical (unpaired) electrons. The standard InChI is InChI=1S/C7H14N4S2/c1-5(2)4-9-7(13)11-10-6(12)8-3/h1,4H2,2-3H3,(H2,8,10,12)(H2,9,11,13). The van der Waals surface area contributed by atoms with E-state index in [9.17, 15) is 0 Å². The van der Waals surface area contributed by atoms with Crippen molar-refractivity contribution >= 4 is 34.7 Å². The number of nitrogens with one attached hydrogen (secondary N) is 4. The van der Waals surface area contributed by atoms with Crippen molar-refractivity contribution in [2.24, 2.45) is 0 Å². The van der Waals surface area contributed by atoms with Crippen molar-refractivity contribution in [2.45, 2.75) is 6.92 Å². The van der Waals surface area contributed by atoms with Gasteiger partial charge in [0.25, 0.3) is 0 Å². The smallest absolute Gasteiger partial charge is 0.185 e. The van der Waals surface area contributed by atoms with Gasteiger partial charge in [0, 0.05) is 13.6 Å². The third-order valence-corrected chi connectivity index (χ3v) is 1.62. The zero-order chi connectivity index (χ0) is 10.3. The molecule has 13 heavy (non-hydrogen) atoms. The predicted molar refractivity (Wildman–Crippen MR) is 63.3 cm³/mol. The van der Waals surface area contributed by atoms with Crippen LogP contribution in [0.4, 0.5) is 0 Å². The first-order chi connectivity index (χ1) is 6.06. The minimum absolute atomic E-state index is 0.486. The maximum Gasteiger partial charge on any atom is 0.185 e. The Hall–Kier alpha value is -0.880. The molecule has 0 saturated heterocycles. The summed E-state index contributed by atoms with van der Waals surface area (Å²) < 4.78 is 0. The van der Waals surface area contributed by atoms with Crippen molar-refractivity contribution in [3.63, 3.8) is 0 Å². The van der Waals surface area contributed by atoms with Crippen LogP contribution in [0, 0.1) is 0 Å². The average molecular weight is 218 g/mol. The largest absolute Gasteiger partial charge is 0.364 e. The summed E-state index contributed by atoms with van der Waals surface area (Å²) in [5.41, 5.74) is 6.42. The Morgan fingerprint density at radius 2 is 1.77 bits per heavy atom. The Bertz CT molecular complexity index is 215. The lowest BCUT2D eigenvalue weighted by molar-refractivity contribution is 0.812. The maximum atomic E-state index is 4.93. The summed E-state index contributed by atoms with van der Waals surface area (Å²) in [4.78, 5) is 0. The fourth-order valence-corrected chi connectivity index (χ4v) is 0.626. The fraction of sp³-hybridized carbons (Fsp3) is 0.429. The maximum absolute atomic E-state index is 4.93. The molecule has 0 aliphatic heterocycles. The van der Waals surface area contributed by atoms with Gasteiger partial charge < -0.3 is 10.6 Å². The summed E-state index contributed by atoms with van der Waals surface area (Å²) in [7, 11) is 1.72. The lowest BCUT2D eigenvalue weighted by Crippen LogP contribution is -2.49. The zero-order valence-electron chi connectivity index (χ0n) is 7.73. The Labute approximate surface area is 89.1 Å². The topological polar surface area (TPSA) is 48.1 Å². The van der Waals surface area contributed by atoms with E-state index in [1.54, 1.807) is 7.05 Å². The minimum atomic E-state index is 0.486. The second-order valence-corrected chi connectivity index (χ2v) is 3.29. The summed E-state index contributed by atoms with van der Waals surface area (Å²) in [6.07, 6.45) is 0. The lowest BCUT2D eigenvalue weighted by Gasteiger charge is -2.12. The number of hydrogen-bond acceptors (Lipinski definition) is 2. The van der Waals surface area contributed by atoms with E-state index in [1.807, 2.05) is 6.92 Å².